The Balaban J connectivity index is 1.64. The van der Waals surface area contributed by atoms with Gasteiger partial charge in [0.15, 0.2) is 0 Å². The number of carbonyl (C=O) groups is 1. The zero-order valence-electron chi connectivity index (χ0n) is 11.3. The molecule has 1 aromatic heterocycles. The van der Waals surface area contributed by atoms with Crippen molar-refractivity contribution >= 4 is 17.2 Å². The highest BCUT2D eigenvalue weighted by Gasteiger charge is 2.24. The van der Waals surface area contributed by atoms with E-state index in [0.717, 1.165) is 45.4 Å². The van der Waals surface area contributed by atoms with Crippen LogP contribution in [0.1, 0.15) is 17.7 Å². The second-order valence-corrected chi connectivity index (χ2v) is 6.06. The van der Waals surface area contributed by atoms with Gasteiger partial charge in [0.1, 0.15) is 0 Å². The molecule has 0 radical (unpaired) electrons. The van der Waals surface area contributed by atoms with E-state index >= 15 is 0 Å². The molecule has 0 aliphatic carbocycles. The van der Waals surface area contributed by atoms with Crippen LogP contribution >= 0.6 is 11.3 Å². The summed E-state index contributed by atoms with van der Waals surface area (Å²) in [5.41, 5.74) is 5.55. The van der Waals surface area contributed by atoms with Crippen LogP contribution in [0.25, 0.3) is 0 Å². The molecular formula is C14H23N3OS. The summed E-state index contributed by atoms with van der Waals surface area (Å²) in [4.78, 5) is 15.7. The Kier molecular flexibility index (Phi) is 5.82. The first-order valence-electron chi connectivity index (χ1n) is 7.02. The topological polar surface area (TPSA) is 58.4 Å². The van der Waals surface area contributed by atoms with E-state index in [4.69, 9.17) is 5.73 Å². The molecule has 106 valence electrons. The predicted octanol–water partition coefficient (Wildman–Crippen LogP) is 1.08. The first-order valence-corrected chi connectivity index (χ1v) is 7.90. The van der Waals surface area contributed by atoms with Gasteiger partial charge in [-0.05, 0) is 43.8 Å². The molecule has 4 nitrogen and oxygen atoms in total. The van der Waals surface area contributed by atoms with Crippen LogP contribution in [0.15, 0.2) is 17.5 Å². The van der Waals surface area contributed by atoms with Crippen LogP contribution in [0, 0.1) is 5.92 Å². The van der Waals surface area contributed by atoms with E-state index in [9.17, 15) is 4.79 Å². The molecule has 2 heterocycles. The summed E-state index contributed by atoms with van der Waals surface area (Å²) in [6.07, 6.45) is 2.87. The number of rotatable bonds is 6. The van der Waals surface area contributed by atoms with Gasteiger partial charge in [-0.3, -0.25) is 4.79 Å². The van der Waals surface area contributed by atoms with Gasteiger partial charge in [0.25, 0.3) is 0 Å². The number of thiophene rings is 1. The highest BCUT2D eigenvalue weighted by Crippen LogP contribution is 2.17. The quantitative estimate of drug-likeness (QED) is 0.820. The monoisotopic (exact) mass is 281 g/mol. The summed E-state index contributed by atoms with van der Waals surface area (Å²) in [6.45, 7) is 4.41. The van der Waals surface area contributed by atoms with Crippen molar-refractivity contribution in [3.05, 3.63) is 22.4 Å². The molecule has 3 N–H and O–H groups in total. The fraction of sp³-hybridized carbons (Fsp3) is 0.643. The number of hydrogen-bond donors (Lipinski definition) is 2. The third kappa shape index (κ3) is 4.60. The number of nitrogens with zero attached hydrogens (tertiary/aromatic N) is 1. The van der Waals surface area contributed by atoms with Gasteiger partial charge in [0.2, 0.25) is 5.91 Å². The van der Waals surface area contributed by atoms with E-state index < -0.39 is 0 Å². The number of hydrogen-bond acceptors (Lipinski definition) is 4. The molecule has 1 amide bonds. The first-order chi connectivity index (χ1) is 9.29. The van der Waals surface area contributed by atoms with Crippen molar-refractivity contribution in [1.29, 1.82) is 0 Å². The fourth-order valence-electron chi connectivity index (χ4n) is 2.51. The molecule has 0 saturated carbocycles. The highest BCUT2D eigenvalue weighted by atomic mass is 32.1. The Labute approximate surface area is 119 Å². The SMILES string of the molecule is NCCN1CCC(C(=O)NCCc2cccs2)CC1. The number of nitrogens with one attached hydrogen (secondary N) is 1. The maximum absolute atomic E-state index is 12.0. The van der Waals surface area contributed by atoms with Crippen LogP contribution in [-0.4, -0.2) is 43.5 Å². The lowest BCUT2D eigenvalue weighted by molar-refractivity contribution is -0.126. The second kappa shape index (κ2) is 7.62. The summed E-state index contributed by atoms with van der Waals surface area (Å²) in [7, 11) is 0. The summed E-state index contributed by atoms with van der Waals surface area (Å²) in [6, 6.07) is 4.16. The molecule has 0 unspecified atom stereocenters. The molecule has 0 aromatic carbocycles. The Morgan fingerprint density at radius 3 is 2.89 bits per heavy atom. The van der Waals surface area contributed by atoms with E-state index in [1.54, 1.807) is 11.3 Å². The first kappa shape index (κ1) is 14.5. The van der Waals surface area contributed by atoms with Crippen molar-refractivity contribution in [2.24, 2.45) is 11.7 Å². The minimum absolute atomic E-state index is 0.192. The molecule has 1 aliphatic heterocycles. The number of nitrogens with two attached hydrogens (primary N) is 1. The molecule has 1 aromatic rings. The largest absolute Gasteiger partial charge is 0.355 e. The molecule has 5 heteroatoms. The minimum Gasteiger partial charge on any atom is -0.355 e. The van der Waals surface area contributed by atoms with Crippen LogP contribution in [-0.2, 0) is 11.2 Å². The number of carbonyl (C=O) groups excluding carboxylic acids is 1. The summed E-state index contributed by atoms with van der Waals surface area (Å²) in [5.74, 6) is 0.418. The lowest BCUT2D eigenvalue weighted by Gasteiger charge is -2.30. The van der Waals surface area contributed by atoms with Gasteiger partial charge in [-0.2, -0.15) is 0 Å². The normalized spacial score (nSPS) is 17.5. The van der Waals surface area contributed by atoms with Crippen molar-refractivity contribution in [1.82, 2.24) is 10.2 Å². The fourth-order valence-corrected chi connectivity index (χ4v) is 3.22. The van der Waals surface area contributed by atoms with E-state index in [1.807, 2.05) is 0 Å². The average molecular weight is 281 g/mol. The molecule has 19 heavy (non-hydrogen) atoms. The Hall–Kier alpha value is -0.910. The maximum Gasteiger partial charge on any atom is 0.223 e. The number of piperidine rings is 1. The van der Waals surface area contributed by atoms with Crippen molar-refractivity contribution in [2.75, 3.05) is 32.7 Å². The van der Waals surface area contributed by atoms with Gasteiger partial charge in [-0.1, -0.05) is 6.07 Å². The van der Waals surface area contributed by atoms with E-state index in [2.05, 4.69) is 27.7 Å². The average Bonchev–Trinajstić information content (AvgIpc) is 2.93. The molecule has 1 saturated heterocycles. The van der Waals surface area contributed by atoms with Crippen molar-refractivity contribution in [2.45, 2.75) is 19.3 Å². The van der Waals surface area contributed by atoms with Crippen LogP contribution in [0.3, 0.4) is 0 Å². The van der Waals surface area contributed by atoms with Crippen molar-refractivity contribution in [3.8, 4) is 0 Å². The van der Waals surface area contributed by atoms with Crippen LogP contribution in [0.2, 0.25) is 0 Å². The summed E-state index contributed by atoms with van der Waals surface area (Å²) in [5, 5.41) is 5.14. The van der Waals surface area contributed by atoms with Crippen LogP contribution < -0.4 is 11.1 Å². The summed E-state index contributed by atoms with van der Waals surface area (Å²) >= 11 is 1.75. The van der Waals surface area contributed by atoms with Crippen LogP contribution in [0.5, 0.6) is 0 Å². The van der Waals surface area contributed by atoms with Crippen molar-refractivity contribution < 1.29 is 4.79 Å². The van der Waals surface area contributed by atoms with Gasteiger partial charge < -0.3 is 16.0 Å². The lowest BCUT2D eigenvalue weighted by Crippen LogP contribution is -2.42. The molecule has 1 fully saturated rings. The van der Waals surface area contributed by atoms with Crippen molar-refractivity contribution in [3.63, 3.8) is 0 Å². The predicted molar refractivity (Wildman–Crippen MR) is 79.3 cm³/mol. The second-order valence-electron chi connectivity index (χ2n) is 5.02. The summed E-state index contributed by atoms with van der Waals surface area (Å²) < 4.78 is 0. The molecule has 2 rings (SSSR count). The highest BCUT2D eigenvalue weighted by molar-refractivity contribution is 7.09. The third-order valence-electron chi connectivity index (χ3n) is 3.65. The smallest absolute Gasteiger partial charge is 0.223 e. The number of likely N-dealkylation sites (tertiary alicyclic amines) is 1. The Morgan fingerprint density at radius 2 is 2.26 bits per heavy atom. The zero-order chi connectivity index (χ0) is 13.5. The standard InChI is InChI=1S/C14H23N3OS/c15-6-10-17-8-4-12(5-9-17)14(18)16-7-3-13-2-1-11-19-13/h1-2,11-12H,3-10,15H2,(H,16,18). The molecule has 0 spiro atoms. The van der Waals surface area contributed by atoms with Gasteiger partial charge >= 0.3 is 0 Å². The molecule has 0 atom stereocenters. The minimum atomic E-state index is 0.192. The molecule has 1 aliphatic rings. The van der Waals surface area contributed by atoms with Gasteiger partial charge in [-0.15, -0.1) is 11.3 Å². The third-order valence-corrected chi connectivity index (χ3v) is 4.59. The van der Waals surface area contributed by atoms with E-state index in [-0.39, 0.29) is 11.8 Å². The molecule has 0 bridgehead atoms. The lowest BCUT2D eigenvalue weighted by atomic mass is 9.96. The van der Waals surface area contributed by atoms with E-state index in [0.29, 0.717) is 6.54 Å². The van der Waals surface area contributed by atoms with Gasteiger partial charge in [0.05, 0.1) is 0 Å². The maximum atomic E-state index is 12.0. The number of amides is 1. The zero-order valence-corrected chi connectivity index (χ0v) is 12.1. The Morgan fingerprint density at radius 1 is 1.47 bits per heavy atom. The van der Waals surface area contributed by atoms with Gasteiger partial charge in [-0.25, -0.2) is 0 Å². The Bertz CT molecular complexity index is 372. The van der Waals surface area contributed by atoms with E-state index in [1.165, 1.54) is 4.88 Å². The molecular weight excluding hydrogens is 258 g/mol. The van der Waals surface area contributed by atoms with Crippen LogP contribution in [0.4, 0.5) is 0 Å². The van der Waals surface area contributed by atoms with Gasteiger partial charge in [0, 0.05) is 30.4 Å².